The second kappa shape index (κ2) is 9.21. The first kappa shape index (κ1) is 23.0. The zero-order valence-electron chi connectivity index (χ0n) is 18.7. The van der Waals surface area contributed by atoms with E-state index in [1.807, 2.05) is 31.2 Å². The molecule has 2 aromatic carbocycles. The molecule has 168 valence electrons. The summed E-state index contributed by atoms with van der Waals surface area (Å²) in [5.74, 6) is -0.943. The number of hydrogen-bond donors (Lipinski definition) is 3. The van der Waals surface area contributed by atoms with E-state index in [-0.39, 0.29) is 5.91 Å². The van der Waals surface area contributed by atoms with Crippen LogP contribution in [0.1, 0.15) is 55.1 Å². The zero-order chi connectivity index (χ0) is 23.5. The summed E-state index contributed by atoms with van der Waals surface area (Å²) in [6, 6.07) is 13.3. The van der Waals surface area contributed by atoms with E-state index in [0.717, 1.165) is 10.5 Å². The molecule has 1 heterocycles. The Kier molecular flexibility index (Phi) is 6.62. The van der Waals surface area contributed by atoms with Gasteiger partial charge in [-0.05, 0) is 49.1 Å². The molecule has 1 aliphatic rings. The largest absolute Gasteiger partial charge is 0.352 e. The van der Waals surface area contributed by atoms with E-state index < -0.39 is 29.9 Å². The van der Waals surface area contributed by atoms with E-state index in [9.17, 15) is 19.2 Å². The third-order valence-electron chi connectivity index (χ3n) is 5.48. The molecular weight excluding hydrogens is 408 g/mol. The molecule has 0 saturated carbocycles. The fourth-order valence-electron chi connectivity index (χ4n) is 3.58. The summed E-state index contributed by atoms with van der Waals surface area (Å²) >= 11 is 0. The standard InChI is InChI=1S/C24H28N4O4/c1-5-25-21(30)17-7-6-8-19(13-17)26-20(29)14-28-22(31)24(4,27-23(28)32)18-11-9-16(10-12-18)15(2)3/h6-13,15H,5,14H2,1-4H3,(H,25,30)(H,26,29)(H,27,32). The summed E-state index contributed by atoms with van der Waals surface area (Å²) in [6.07, 6.45) is 0. The molecular formula is C24H28N4O4. The van der Waals surface area contributed by atoms with Gasteiger partial charge in [-0.2, -0.15) is 0 Å². The van der Waals surface area contributed by atoms with Crippen molar-refractivity contribution in [3.8, 4) is 0 Å². The van der Waals surface area contributed by atoms with Gasteiger partial charge < -0.3 is 16.0 Å². The maximum absolute atomic E-state index is 13.1. The number of carbonyl (C=O) groups is 4. The van der Waals surface area contributed by atoms with Crippen molar-refractivity contribution in [2.24, 2.45) is 0 Å². The van der Waals surface area contributed by atoms with Crippen LogP contribution in [0, 0.1) is 0 Å². The van der Waals surface area contributed by atoms with Crippen molar-refractivity contribution in [2.75, 3.05) is 18.4 Å². The van der Waals surface area contributed by atoms with E-state index in [1.54, 1.807) is 25.1 Å². The SMILES string of the molecule is CCNC(=O)c1cccc(NC(=O)CN2C(=O)NC(C)(c3ccc(C(C)C)cc3)C2=O)c1. The monoisotopic (exact) mass is 436 g/mol. The summed E-state index contributed by atoms with van der Waals surface area (Å²) in [7, 11) is 0. The molecule has 1 unspecified atom stereocenters. The molecule has 8 nitrogen and oxygen atoms in total. The van der Waals surface area contributed by atoms with Crippen molar-refractivity contribution in [1.82, 2.24) is 15.5 Å². The summed E-state index contributed by atoms with van der Waals surface area (Å²) in [5, 5.41) is 8.04. The van der Waals surface area contributed by atoms with Crippen molar-refractivity contribution >= 4 is 29.4 Å². The number of carbonyl (C=O) groups excluding carboxylic acids is 4. The van der Waals surface area contributed by atoms with Crippen LogP contribution in [0.5, 0.6) is 0 Å². The molecule has 0 radical (unpaired) electrons. The molecule has 3 N–H and O–H groups in total. The van der Waals surface area contributed by atoms with E-state index >= 15 is 0 Å². The van der Waals surface area contributed by atoms with Gasteiger partial charge in [0.15, 0.2) is 0 Å². The number of urea groups is 1. The molecule has 0 aromatic heterocycles. The minimum atomic E-state index is -1.25. The Morgan fingerprint density at radius 1 is 1.09 bits per heavy atom. The van der Waals surface area contributed by atoms with Gasteiger partial charge in [0.2, 0.25) is 5.91 Å². The van der Waals surface area contributed by atoms with Gasteiger partial charge in [0, 0.05) is 17.8 Å². The molecule has 0 bridgehead atoms. The first-order chi connectivity index (χ1) is 15.2. The Hall–Kier alpha value is -3.68. The Morgan fingerprint density at radius 2 is 1.78 bits per heavy atom. The highest BCUT2D eigenvalue weighted by molar-refractivity contribution is 6.10. The maximum Gasteiger partial charge on any atom is 0.325 e. The number of anilines is 1. The number of imide groups is 1. The molecule has 8 heteroatoms. The van der Waals surface area contributed by atoms with Crippen molar-refractivity contribution in [2.45, 2.75) is 39.2 Å². The van der Waals surface area contributed by atoms with E-state index in [0.29, 0.717) is 29.3 Å². The molecule has 0 spiro atoms. The summed E-state index contributed by atoms with van der Waals surface area (Å²) in [5.41, 5.74) is 1.33. The third kappa shape index (κ3) is 4.64. The van der Waals surface area contributed by atoms with Crippen LogP contribution in [0.3, 0.4) is 0 Å². The quantitative estimate of drug-likeness (QED) is 0.580. The molecule has 2 aromatic rings. The lowest BCUT2D eigenvalue weighted by atomic mass is 9.90. The lowest BCUT2D eigenvalue weighted by molar-refractivity contribution is -0.133. The molecule has 1 fully saturated rings. The minimum absolute atomic E-state index is 0.253. The van der Waals surface area contributed by atoms with Crippen LogP contribution in [0.2, 0.25) is 0 Å². The van der Waals surface area contributed by atoms with Crippen LogP contribution >= 0.6 is 0 Å². The first-order valence-corrected chi connectivity index (χ1v) is 10.6. The van der Waals surface area contributed by atoms with Crippen molar-refractivity contribution in [1.29, 1.82) is 0 Å². The second-order valence-corrected chi connectivity index (χ2v) is 8.21. The van der Waals surface area contributed by atoms with Gasteiger partial charge >= 0.3 is 6.03 Å². The molecule has 5 amide bonds. The van der Waals surface area contributed by atoms with E-state index in [2.05, 4.69) is 29.8 Å². The average Bonchev–Trinajstić information content (AvgIpc) is 2.98. The fraction of sp³-hybridized carbons (Fsp3) is 0.333. The van der Waals surface area contributed by atoms with Crippen molar-refractivity contribution in [3.63, 3.8) is 0 Å². The van der Waals surface area contributed by atoms with Gasteiger partial charge in [-0.3, -0.25) is 19.3 Å². The highest BCUT2D eigenvalue weighted by atomic mass is 16.2. The Labute approximate surface area is 187 Å². The van der Waals surface area contributed by atoms with Gasteiger partial charge in [0.1, 0.15) is 12.1 Å². The molecule has 3 rings (SSSR count). The molecule has 32 heavy (non-hydrogen) atoms. The average molecular weight is 437 g/mol. The Bertz CT molecular complexity index is 1050. The number of amides is 5. The van der Waals surface area contributed by atoms with Gasteiger partial charge in [-0.25, -0.2) is 4.79 Å². The Morgan fingerprint density at radius 3 is 2.41 bits per heavy atom. The number of nitrogens with zero attached hydrogens (tertiary/aromatic N) is 1. The van der Waals surface area contributed by atoms with Crippen LogP contribution in [0.4, 0.5) is 10.5 Å². The first-order valence-electron chi connectivity index (χ1n) is 10.6. The summed E-state index contributed by atoms with van der Waals surface area (Å²) in [6.45, 7) is 7.65. The molecule has 1 aliphatic heterocycles. The number of benzene rings is 2. The topological polar surface area (TPSA) is 108 Å². The van der Waals surface area contributed by atoms with Crippen LogP contribution in [0.25, 0.3) is 0 Å². The van der Waals surface area contributed by atoms with Gasteiger partial charge in [-0.15, -0.1) is 0 Å². The normalized spacial score (nSPS) is 18.0. The number of hydrogen-bond acceptors (Lipinski definition) is 4. The maximum atomic E-state index is 13.1. The highest BCUT2D eigenvalue weighted by Crippen LogP contribution is 2.30. The predicted molar refractivity (Wildman–Crippen MR) is 121 cm³/mol. The number of rotatable bonds is 7. The molecule has 1 atom stereocenters. The predicted octanol–water partition coefficient (Wildman–Crippen LogP) is 2.97. The van der Waals surface area contributed by atoms with Crippen LogP contribution in [-0.4, -0.2) is 41.7 Å². The van der Waals surface area contributed by atoms with Crippen LogP contribution in [-0.2, 0) is 15.1 Å². The van der Waals surface area contributed by atoms with Gasteiger partial charge in [-0.1, -0.05) is 44.2 Å². The zero-order valence-corrected chi connectivity index (χ0v) is 18.7. The van der Waals surface area contributed by atoms with Gasteiger partial charge in [0.25, 0.3) is 11.8 Å². The summed E-state index contributed by atoms with van der Waals surface area (Å²) in [4.78, 5) is 51.0. The minimum Gasteiger partial charge on any atom is -0.352 e. The van der Waals surface area contributed by atoms with Crippen LogP contribution < -0.4 is 16.0 Å². The smallest absolute Gasteiger partial charge is 0.325 e. The second-order valence-electron chi connectivity index (χ2n) is 8.21. The summed E-state index contributed by atoms with van der Waals surface area (Å²) < 4.78 is 0. The fourth-order valence-corrected chi connectivity index (χ4v) is 3.58. The molecule has 0 aliphatic carbocycles. The number of nitrogens with one attached hydrogen (secondary N) is 3. The molecule has 1 saturated heterocycles. The lowest BCUT2D eigenvalue weighted by Crippen LogP contribution is -2.42. The van der Waals surface area contributed by atoms with Crippen molar-refractivity contribution in [3.05, 3.63) is 65.2 Å². The third-order valence-corrected chi connectivity index (χ3v) is 5.48. The van der Waals surface area contributed by atoms with E-state index in [4.69, 9.17) is 0 Å². The lowest BCUT2D eigenvalue weighted by Gasteiger charge is -2.22. The van der Waals surface area contributed by atoms with Crippen LogP contribution in [0.15, 0.2) is 48.5 Å². The van der Waals surface area contributed by atoms with E-state index in [1.165, 1.54) is 6.07 Å². The Balaban J connectivity index is 1.71. The van der Waals surface area contributed by atoms with Crippen molar-refractivity contribution < 1.29 is 19.2 Å². The van der Waals surface area contributed by atoms with Gasteiger partial charge in [0.05, 0.1) is 0 Å². The highest BCUT2D eigenvalue weighted by Gasteiger charge is 2.49.